The number of anilines is 1. The second-order valence-corrected chi connectivity index (χ2v) is 7.37. The minimum absolute atomic E-state index is 0.157. The molecule has 2 aromatic carbocycles. The number of para-hydroxylation sites is 1. The van der Waals surface area contributed by atoms with Crippen LogP contribution in [0.2, 0.25) is 0 Å². The molecule has 0 fully saturated rings. The Morgan fingerprint density at radius 2 is 1.68 bits per heavy atom. The molecule has 5 nitrogen and oxygen atoms in total. The fourth-order valence-electron chi connectivity index (χ4n) is 2.66. The predicted octanol–water partition coefficient (Wildman–Crippen LogP) is 3.81. The van der Waals surface area contributed by atoms with E-state index >= 15 is 0 Å². The molecule has 0 saturated heterocycles. The number of ether oxygens (including phenoxy) is 1. The summed E-state index contributed by atoms with van der Waals surface area (Å²) < 4.78 is 31.8. The maximum atomic E-state index is 12.4. The summed E-state index contributed by atoms with van der Waals surface area (Å²) >= 11 is 0. The molecular formula is C19H21NO4S. The van der Waals surface area contributed by atoms with Gasteiger partial charge in [0.25, 0.3) is 10.0 Å². The normalized spacial score (nSPS) is 11.5. The molecule has 0 aliphatic rings. The van der Waals surface area contributed by atoms with Crippen LogP contribution in [0.25, 0.3) is 6.08 Å². The maximum Gasteiger partial charge on any atom is 0.339 e. The number of nitrogens with one attached hydrogen (secondary N) is 1. The van der Waals surface area contributed by atoms with E-state index in [1.54, 1.807) is 18.2 Å². The Bertz CT molecular complexity index is 907. The van der Waals surface area contributed by atoms with Gasteiger partial charge < -0.3 is 4.74 Å². The lowest BCUT2D eigenvalue weighted by atomic mass is 10.0. The first-order valence-electron chi connectivity index (χ1n) is 7.69. The topological polar surface area (TPSA) is 72.5 Å². The Hall–Kier alpha value is -2.60. The number of rotatable bonds is 5. The molecule has 0 amide bonds. The van der Waals surface area contributed by atoms with E-state index < -0.39 is 16.0 Å². The Labute approximate surface area is 148 Å². The van der Waals surface area contributed by atoms with E-state index in [0.29, 0.717) is 0 Å². The van der Waals surface area contributed by atoms with Crippen molar-refractivity contribution in [3.05, 3.63) is 69.6 Å². The van der Waals surface area contributed by atoms with Gasteiger partial charge in [-0.05, 0) is 55.7 Å². The van der Waals surface area contributed by atoms with Crippen molar-refractivity contribution in [1.29, 1.82) is 0 Å². The van der Waals surface area contributed by atoms with E-state index in [1.807, 2.05) is 32.9 Å². The first-order valence-corrected chi connectivity index (χ1v) is 9.24. The SMILES string of the molecule is COC(=O)c1ccccc1NS(=O)(=O)C=Cc1c(C)cc(C)cc1C. The fourth-order valence-corrected chi connectivity index (χ4v) is 3.53. The summed E-state index contributed by atoms with van der Waals surface area (Å²) in [5.74, 6) is -0.604. The molecule has 25 heavy (non-hydrogen) atoms. The summed E-state index contributed by atoms with van der Waals surface area (Å²) in [4.78, 5) is 11.7. The molecule has 6 heteroatoms. The molecule has 0 saturated carbocycles. The summed E-state index contributed by atoms with van der Waals surface area (Å²) in [6, 6.07) is 10.3. The predicted molar refractivity (Wildman–Crippen MR) is 100 cm³/mol. The molecule has 0 heterocycles. The monoisotopic (exact) mass is 359 g/mol. The highest BCUT2D eigenvalue weighted by Crippen LogP contribution is 2.21. The third kappa shape index (κ3) is 4.70. The number of benzene rings is 2. The maximum absolute atomic E-state index is 12.4. The smallest absolute Gasteiger partial charge is 0.339 e. The van der Waals surface area contributed by atoms with Crippen LogP contribution >= 0.6 is 0 Å². The van der Waals surface area contributed by atoms with Crippen molar-refractivity contribution in [3.63, 3.8) is 0 Å². The highest BCUT2D eigenvalue weighted by Gasteiger charge is 2.15. The van der Waals surface area contributed by atoms with Crippen molar-refractivity contribution in [2.24, 2.45) is 0 Å². The van der Waals surface area contributed by atoms with Gasteiger partial charge in [0.2, 0.25) is 0 Å². The zero-order valence-corrected chi connectivity index (χ0v) is 15.5. The van der Waals surface area contributed by atoms with Gasteiger partial charge in [-0.3, -0.25) is 4.72 Å². The molecule has 0 aliphatic carbocycles. The molecular weight excluding hydrogens is 338 g/mol. The van der Waals surface area contributed by atoms with Crippen molar-refractivity contribution in [2.45, 2.75) is 20.8 Å². The molecule has 1 N–H and O–H groups in total. The van der Waals surface area contributed by atoms with Gasteiger partial charge in [0.05, 0.1) is 23.8 Å². The van der Waals surface area contributed by atoms with Crippen LogP contribution in [0.4, 0.5) is 5.69 Å². The molecule has 0 aliphatic heterocycles. The van der Waals surface area contributed by atoms with Crippen LogP contribution in [0, 0.1) is 20.8 Å². The van der Waals surface area contributed by atoms with Gasteiger partial charge in [-0.25, -0.2) is 13.2 Å². The van der Waals surface area contributed by atoms with Gasteiger partial charge in [0.15, 0.2) is 0 Å². The van der Waals surface area contributed by atoms with Crippen LogP contribution in [-0.4, -0.2) is 21.5 Å². The zero-order chi connectivity index (χ0) is 18.6. The average Bonchev–Trinajstić information content (AvgIpc) is 2.53. The van der Waals surface area contributed by atoms with Crippen LogP contribution < -0.4 is 4.72 Å². The number of methoxy groups -OCH3 is 1. The Balaban J connectivity index is 2.31. The standard InChI is InChI=1S/C19H21NO4S/c1-13-11-14(2)16(15(3)12-13)9-10-25(22,23)20-18-8-6-5-7-17(18)19(21)24-4/h5-12,20H,1-4H3. The number of hydrogen-bond acceptors (Lipinski definition) is 4. The van der Waals surface area contributed by atoms with E-state index in [1.165, 1.54) is 19.2 Å². The summed E-state index contributed by atoms with van der Waals surface area (Å²) in [6.45, 7) is 5.87. The van der Waals surface area contributed by atoms with Crippen molar-refractivity contribution < 1.29 is 17.9 Å². The average molecular weight is 359 g/mol. The first kappa shape index (κ1) is 18.7. The molecule has 0 bridgehead atoms. The van der Waals surface area contributed by atoms with Gasteiger partial charge in [-0.2, -0.15) is 0 Å². The van der Waals surface area contributed by atoms with Gasteiger partial charge in [0.1, 0.15) is 0 Å². The second kappa shape index (κ2) is 7.53. The van der Waals surface area contributed by atoms with Gasteiger partial charge in [0, 0.05) is 0 Å². The van der Waals surface area contributed by atoms with Crippen molar-refractivity contribution >= 4 is 27.8 Å². The van der Waals surface area contributed by atoms with Crippen LogP contribution in [0.1, 0.15) is 32.6 Å². The van der Waals surface area contributed by atoms with Crippen molar-refractivity contribution in [2.75, 3.05) is 11.8 Å². The lowest BCUT2D eigenvalue weighted by Crippen LogP contribution is -2.13. The van der Waals surface area contributed by atoms with Crippen LogP contribution in [-0.2, 0) is 14.8 Å². The van der Waals surface area contributed by atoms with Crippen LogP contribution in [0.15, 0.2) is 41.8 Å². The van der Waals surface area contributed by atoms with Crippen molar-refractivity contribution in [3.8, 4) is 0 Å². The Morgan fingerprint density at radius 1 is 1.08 bits per heavy atom. The molecule has 0 spiro atoms. The number of aryl methyl sites for hydroxylation is 3. The first-order chi connectivity index (χ1) is 11.7. The Morgan fingerprint density at radius 3 is 2.28 bits per heavy atom. The van der Waals surface area contributed by atoms with Crippen molar-refractivity contribution in [1.82, 2.24) is 0 Å². The summed E-state index contributed by atoms with van der Waals surface area (Å²) in [5, 5.41) is 1.10. The number of sulfonamides is 1. The summed E-state index contributed by atoms with van der Waals surface area (Å²) in [5.41, 5.74) is 4.32. The van der Waals surface area contributed by atoms with E-state index in [2.05, 4.69) is 9.46 Å². The second-order valence-electron chi connectivity index (χ2n) is 5.80. The lowest BCUT2D eigenvalue weighted by Gasteiger charge is -2.10. The lowest BCUT2D eigenvalue weighted by molar-refractivity contribution is 0.0602. The van der Waals surface area contributed by atoms with Gasteiger partial charge in [-0.15, -0.1) is 0 Å². The van der Waals surface area contributed by atoms with Crippen LogP contribution in [0.3, 0.4) is 0 Å². The largest absolute Gasteiger partial charge is 0.465 e. The fraction of sp³-hybridized carbons (Fsp3) is 0.211. The quantitative estimate of drug-likeness (QED) is 0.824. The molecule has 2 aromatic rings. The van der Waals surface area contributed by atoms with E-state index in [0.717, 1.165) is 27.7 Å². The third-order valence-corrected chi connectivity index (χ3v) is 4.74. The molecule has 132 valence electrons. The summed E-state index contributed by atoms with van der Waals surface area (Å²) in [6.07, 6.45) is 1.56. The third-order valence-electron chi connectivity index (χ3n) is 3.74. The molecule has 0 aromatic heterocycles. The molecule has 0 radical (unpaired) electrons. The summed E-state index contributed by atoms with van der Waals surface area (Å²) in [7, 11) is -2.53. The van der Waals surface area contributed by atoms with Crippen LogP contribution in [0.5, 0.6) is 0 Å². The number of hydrogen-bond donors (Lipinski definition) is 1. The number of carbonyl (C=O) groups is 1. The number of esters is 1. The Kier molecular flexibility index (Phi) is 5.64. The minimum atomic E-state index is -3.78. The highest BCUT2D eigenvalue weighted by molar-refractivity contribution is 7.95. The molecule has 2 rings (SSSR count). The molecule has 0 atom stereocenters. The van der Waals surface area contributed by atoms with E-state index in [4.69, 9.17) is 0 Å². The van der Waals surface area contributed by atoms with Gasteiger partial charge in [-0.1, -0.05) is 29.8 Å². The molecule has 0 unspecified atom stereocenters. The van der Waals surface area contributed by atoms with E-state index in [-0.39, 0.29) is 11.3 Å². The van der Waals surface area contributed by atoms with E-state index in [9.17, 15) is 13.2 Å². The number of carbonyl (C=O) groups excluding carboxylic acids is 1. The highest BCUT2D eigenvalue weighted by atomic mass is 32.2. The minimum Gasteiger partial charge on any atom is -0.465 e. The van der Waals surface area contributed by atoms with Gasteiger partial charge >= 0.3 is 5.97 Å². The zero-order valence-electron chi connectivity index (χ0n) is 14.7.